The van der Waals surface area contributed by atoms with Gasteiger partial charge in [-0.05, 0) is 99.2 Å². The molecule has 0 aromatic rings. The van der Waals surface area contributed by atoms with Crippen molar-refractivity contribution in [1.29, 1.82) is 0 Å². The molecule has 0 bridgehead atoms. The second-order valence-corrected chi connectivity index (χ2v) is 11.2. The topological polar surface area (TPSA) is 52.6 Å². The summed E-state index contributed by atoms with van der Waals surface area (Å²) in [6.45, 7) is 10.2. The van der Waals surface area contributed by atoms with Crippen LogP contribution in [0.15, 0.2) is 0 Å². The van der Waals surface area contributed by atoms with Gasteiger partial charge < -0.3 is 9.47 Å². The van der Waals surface area contributed by atoms with Gasteiger partial charge in [-0.1, -0.05) is 13.8 Å². The number of fused-ring (bicyclic) bond motifs is 5. The first-order valence-corrected chi connectivity index (χ1v) is 12.0. The van der Waals surface area contributed by atoms with Gasteiger partial charge in [-0.15, -0.1) is 0 Å². The van der Waals surface area contributed by atoms with Crippen LogP contribution in [0.4, 0.5) is 0 Å². The summed E-state index contributed by atoms with van der Waals surface area (Å²) in [5.74, 6) is 3.32. The highest BCUT2D eigenvalue weighted by Crippen LogP contribution is 2.68. The van der Waals surface area contributed by atoms with E-state index in [2.05, 4.69) is 20.8 Å². The van der Waals surface area contributed by atoms with E-state index in [1.165, 1.54) is 51.9 Å². The number of hydrogen-bond acceptors (Lipinski definition) is 4. The normalized spacial score (nSPS) is 47.3. The van der Waals surface area contributed by atoms with Gasteiger partial charge in [0.2, 0.25) is 0 Å². The van der Waals surface area contributed by atoms with E-state index in [4.69, 9.17) is 9.47 Å². The quantitative estimate of drug-likeness (QED) is 0.581. The number of hydrogen-bond donors (Lipinski definition) is 0. The molecule has 0 heterocycles. The number of carbonyl (C=O) groups excluding carboxylic acids is 2. The van der Waals surface area contributed by atoms with E-state index in [0.29, 0.717) is 22.7 Å². The summed E-state index contributed by atoms with van der Waals surface area (Å²) < 4.78 is 11.3. The molecule has 0 aromatic carbocycles. The molecule has 4 aliphatic carbocycles. The third kappa shape index (κ3) is 3.53. The zero-order chi connectivity index (χ0) is 21.0. The first-order chi connectivity index (χ1) is 13.6. The Morgan fingerprint density at radius 2 is 1.55 bits per heavy atom. The lowest BCUT2D eigenvalue weighted by molar-refractivity contribution is -0.164. The molecule has 4 rings (SSSR count). The molecule has 4 saturated carbocycles. The highest BCUT2D eigenvalue weighted by Gasteiger charge is 2.61. The van der Waals surface area contributed by atoms with E-state index >= 15 is 0 Å². The summed E-state index contributed by atoms with van der Waals surface area (Å²) in [5, 5.41) is 0. The number of esters is 2. The zero-order valence-electron chi connectivity index (χ0n) is 19.0. The monoisotopic (exact) mass is 404 g/mol. The zero-order valence-corrected chi connectivity index (χ0v) is 19.0. The van der Waals surface area contributed by atoms with Gasteiger partial charge in [-0.3, -0.25) is 9.59 Å². The Morgan fingerprint density at radius 1 is 0.862 bits per heavy atom. The summed E-state index contributed by atoms with van der Waals surface area (Å²) in [6, 6.07) is 0. The lowest BCUT2D eigenvalue weighted by Crippen LogP contribution is -2.54. The van der Waals surface area contributed by atoms with Gasteiger partial charge in [0, 0.05) is 19.8 Å². The highest BCUT2D eigenvalue weighted by atomic mass is 16.5. The highest BCUT2D eigenvalue weighted by molar-refractivity contribution is 5.66. The fraction of sp³-hybridized carbons (Fsp3) is 0.920. The number of rotatable bonds is 3. The minimum absolute atomic E-state index is 0.0325. The maximum absolute atomic E-state index is 11.5. The summed E-state index contributed by atoms with van der Waals surface area (Å²) in [6.07, 6.45) is 11.2. The minimum atomic E-state index is -0.143. The minimum Gasteiger partial charge on any atom is -0.463 e. The number of carbonyl (C=O) groups is 2. The first-order valence-electron chi connectivity index (χ1n) is 12.0. The van der Waals surface area contributed by atoms with Crippen LogP contribution in [-0.2, 0) is 19.1 Å². The van der Waals surface area contributed by atoms with Crippen LogP contribution in [-0.4, -0.2) is 24.1 Å². The molecule has 9 atom stereocenters. The van der Waals surface area contributed by atoms with Gasteiger partial charge in [0.15, 0.2) is 0 Å². The van der Waals surface area contributed by atoms with Crippen LogP contribution >= 0.6 is 0 Å². The standard InChI is InChI=1S/C25H40O4/c1-15(28-16(2)26)21-8-9-22-20-7-6-18-14-19(29-17(3)27)10-12-24(18,4)23(20)11-13-25(21,22)5/h15,18-23H,6-14H2,1-5H3/t15-,18+,19+,20-,21-,22+,23-,24+,25-/m1/s1. The van der Waals surface area contributed by atoms with Crippen LogP contribution in [0, 0.1) is 40.4 Å². The first kappa shape index (κ1) is 21.2. The van der Waals surface area contributed by atoms with Crippen LogP contribution in [0.2, 0.25) is 0 Å². The van der Waals surface area contributed by atoms with Crippen molar-refractivity contribution in [2.75, 3.05) is 0 Å². The molecule has 0 unspecified atom stereocenters. The van der Waals surface area contributed by atoms with Crippen molar-refractivity contribution < 1.29 is 19.1 Å². The molecule has 4 fully saturated rings. The fourth-order valence-corrected chi connectivity index (χ4v) is 8.72. The molecule has 0 aliphatic heterocycles. The van der Waals surface area contributed by atoms with Crippen molar-refractivity contribution >= 4 is 11.9 Å². The maximum Gasteiger partial charge on any atom is 0.302 e. The predicted molar refractivity (Wildman–Crippen MR) is 112 cm³/mol. The van der Waals surface area contributed by atoms with Crippen LogP contribution in [0.1, 0.15) is 92.4 Å². The summed E-state index contributed by atoms with van der Waals surface area (Å²) >= 11 is 0. The van der Waals surface area contributed by atoms with Gasteiger partial charge in [0.1, 0.15) is 12.2 Å². The molecule has 0 aromatic heterocycles. The Kier molecular flexibility index (Phi) is 5.53. The fourth-order valence-electron chi connectivity index (χ4n) is 8.72. The van der Waals surface area contributed by atoms with Gasteiger partial charge in [0.25, 0.3) is 0 Å². The van der Waals surface area contributed by atoms with Gasteiger partial charge in [-0.2, -0.15) is 0 Å². The van der Waals surface area contributed by atoms with Crippen molar-refractivity contribution in [3.8, 4) is 0 Å². The third-order valence-electron chi connectivity index (χ3n) is 9.94. The van der Waals surface area contributed by atoms with Crippen molar-refractivity contribution in [1.82, 2.24) is 0 Å². The van der Waals surface area contributed by atoms with E-state index < -0.39 is 0 Å². The Labute approximate surface area is 176 Å². The van der Waals surface area contributed by atoms with Crippen molar-refractivity contribution in [2.45, 2.75) is 105 Å². The van der Waals surface area contributed by atoms with Crippen LogP contribution in [0.25, 0.3) is 0 Å². The third-order valence-corrected chi connectivity index (χ3v) is 9.94. The van der Waals surface area contributed by atoms with Crippen molar-refractivity contribution in [3.05, 3.63) is 0 Å². The lowest BCUT2D eigenvalue weighted by atomic mass is 9.44. The molecule has 4 heteroatoms. The molecular formula is C25H40O4. The second-order valence-electron chi connectivity index (χ2n) is 11.2. The van der Waals surface area contributed by atoms with E-state index in [0.717, 1.165) is 30.6 Å². The Bertz CT molecular complexity index is 659. The van der Waals surface area contributed by atoms with E-state index in [-0.39, 0.29) is 24.1 Å². The van der Waals surface area contributed by atoms with Crippen molar-refractivity contribution in [2.24, 2.45) is 40.4 Å². The second kappa shape index (κ2) is 7.57. The van der Waals surface area contributed by atoms with Gasteiger partial charge in [-0.25, -0.2) is 0 Å². The van der Waals surface area contributed by atoms with Crippen molar-refractivity contribution in [3.63, 3.8) is 0 Å². The van der Waals surface area contributed by atoms with Gasteiger partial charge >= 0.3 is 11.9 Å². The van der Waals surface area contributed by atoms with Crippen LogP contribution < -0.4 is 0 Å². The Hall–Kier alpha value is -1.06. The molecule has 4 nitrogen and oxygen atoms in total. The molecule has 4 aliphatic rings. The molecule has 0 saturated heterocycles. The van der Waals surface area contributed by atoms with E-state index in [1.807, 2.05) is 0 Å². The average Bonchev–Trinajstić information content (AvgIpc) is 2.98. The molecule has 29 heavy (non-hydrogen) atoms. The predicted octanol–water partition coefficient (Wildman–Crippen LogP) is 5.53. The SMILES string of the molecule is CC(=O)O[C@H]1CC[C@@]2(C)[C@@H](CC[C@H]3[C@H]2CC[C@]2(C)[C@@H]([C@@H](C)OC(C)=O)CC[C@@H]32)C1. The molecule has 0 N–H and O–H groups in total. The number of ether oxygens (including phenoxy) is 2. The molecular weight excluding hydrogens is 364 g/mol. The van der Waals surface area contributed by atoms with E-state index in [1.54, 1.807) is 6.92 Å². The summed E-state index contributed by atoms with van der Waals surface area (Å²) in [4.78, 5) is 23.0. The Balaban J connectivity index is 1.50. The maximum atomic E-state index is 11.5. The molecule has 0 amide bonds. The Morgan fingerprint density at radius 3 is 2.24 bits per heavy atom. The largest absolute Gasteiger partial charge is 0.463 e. The molecule has 0 spiro atoms. The summed E-state index contributed by atoms with van der Waals surface area (Å²) in [5.41, 5.74) is 0.717. The van der Waals surface area contributed by atoms with Crippen LogP contribution in [0.3, 0.4) is 0 Å². The smallest absolute Gasteiger partial charge is 0.302 e. The average molecular weight is 405 g/mol. The molecule has 164 valence electrons. The lowest BCUT2D eigenvalue weighted by Gasteiger charge is -2.61. The van der Waals surface area contributed by atoms with Crippen LogP contribution in [0.5, 0.6) is 0 Å². The van der Waals surface area contributed by atoms with E-state index in [9.17, 15) is 9.59 Å². The molecule has 0 radical (unpaired) electrons. The van der Waals surface area contributed by atoms with Gasteiger partial charge in [0.05, 0.1) is 0 Å². The summed E-state index contributed by atoms with van der Waals surface area (Å²) in [7, 11) is 0.